The van der Waals surface area contributed by atoms with Crippen LogP contribution in [-0.4, -0.2) is 30.8 Å². The quantitative estimate of drug-likeness (QED) is 0.418. The molecule has 6 heteroatoms. The molecule has 5 aromatic rings. The fourth-order valence-corrected chi connectivity index (χ4v) is 3.36. The Morgan fingerprint density at radius 3 is 2.16 bits per heavy atom. The SMILES string of the molecule is OC(c1ccc(N=C(c2ccccc2)c2ccccc2)cn1)c1ncc2cc[nH]c2n1. The van der Waals surface area contributed by atoms with Gasteiger partial charge >= 0.3 is 0 Å². The normalized spacial score (nSPS) is 11.9. The number of aliphatic hydroxyl groups excluding tert-OH is 1. The lowest BCUT2D eigenvalue weighted by Gasteiger charge is -2.10. The van der Waals surface area contributed by atoms with E-state index in [0.717, 1.165) is 22.2 Å². The van der Waals surface area contributed by atoms with E-state index in [9.17, 15) is 5.11 Å². The molecule has 150 valence electrons. The number of H-pyrrole nitrogens is 1. The molecule has 5 rings (SSSR count). The van der Waals surface area contributed by atoms with Crippen LogP contribution in [0.5, 0.6) is 0 Å². The molecule has 31 heavy (non-hydrogen) atoms. The third-order valence-corrected chi connectivity index (χ3v) is 4.95. The number of hydrogen-bond donors (Lipinski definition) is 2. The van der Waals surface area contributed by atoms with Gasteiger partial charge in [0.05, 0.1) is 23.3 Å². The van der Waals surface area contributed by atoms with Crippen LogP contribution in [0.25, 0.3) is 11.0 Å². The Bertz CT molecular complexity index is 1290. The number of aliphatic hydroxyl groups is 1. The van der Waals surface area contributed by atoms with Crippen molar-refractivity contribution < 1.29 is 5.11 Å². The first-order valence-electron chi connectivity index (χ1n) is 9.91. The van der Waals surface area contributed by atoms with Crippen molar-refractivity contribution in [2.45, 2.75) is 6.10 Å². The van der Waals surface area contributed by atoms with Crippen LogP contribution in [0.2, 0.25) is 0 Å². The van der Waals surface area contributed by atoms with Crippen molar-refractivity contribution in [2.75, 3.05) is 0 Å². The molecule has 1 unspecified atom stereocenters. The highest BCUT2D eigenvalue weighted by Crippen LogP contribution is 2.22. The molecule has 0 aliphatic heterocycles. The van der Waals surface area contributed by atoms with E-state index in [4.69, 9.17) is 4.99 Å². The molecule has 6 nitrogen and oxygen atoms in total. The average molecular weight is 405 g/mol. The minimum absolute atomic E-state index is 0.299. The molecule has 0 saturated carbocycles. The van der Waals surface area contributed by atoms with E-state index in [-0.39, 0.29) is 0 Å². The first kappa shape index (κ1) is 18.8. The summed E-state index contributed by atoms with van der Waals surface area (Å²) < 4.78 is 0. The van der Waals surface area contributed by atoms with Crippen LogP contribution in [0, 0.1) is 0 Å². The summed E-state index contributed by atoms with van der Waals surface area (Å²) in [7, 11) is 0. The maximum absolute atomic E-state index is 10.7. The first-order valence-corrected chi connectivity index (χ1v) is 9.91. The number of aromatic nitrogens is 4. The zero-order valence-electron chi connectivity index (χ0n) is 16.6. The van der Waals surface area contributed by atoms with Gasteiger partial charge in [-0.3, -0.25) is 4.98 Å². The Morgan fingerprint density at radius 1 is 0.806 bits per heavy atom. The van der Waals surface area contributed by atoms with Crippen LogP contribution in [0.4, 0.5) is 5.69 Å². The highest BCUT2D eigenvalue weighted by atomic mass is 16.3. The van der Waals surface area contributed by atoms with Gasteiger partial charge in [-0.15, -0.1) is 0 Å². The van der Waals surface area contributed by atoms with Crippen LogP contribution in [0.15, 0.2) is 102 Å². The van der Waals surface area contributed by atoms with Crippen molar-refractivity contribution in [3.05, 3.63) is 120 Å². The standard InChI is InChI=1S/C25H19N5O/c31-23(25-28-15-19-13-14-26-24(19)30-25)21-12-11-20(16-27-21)29-22(17-7-3-1-4-8-17)18-9-5-2-6-10-18/h1-16,23,31H,(H,26,28,30). The minimum atomic E-state index is -1.02. The highest BCUT2D eigenvalue weighted by Gasteiger charge is 2.16. The van der Waals surface area contributed by atoms with Crippen molar-refractivity contribution in [3.8, 4) is 0 Å². The van der Waals surface area contributed by atoms with Crippen LogP contribution >= 0.6 is 0 Å². The molecule has 0 amide bonds. The molecule has 2 N–H and O–H groups in total. The molecule has 3 heterocycles. The topological polar surface area (TPSA) is 87.0 Å². The van der Waals surface area contributed by atoms with Gasteiger partial charge < -0.3 is 10.1 Å². The summed E-state index contributed by atoms with van der Waals surface area (Å²) in [6.45, 7) is 0. The molecular weight excluding hydrogens is 386 g/mol. The van der Waals surface area contributed by atoms with Gasteiger partial charge in [0.15, 0.2) is 11.9 Å². The lowest BCUT2D eigenvalue weighted by molar-refractivity contribution is 0.205. The molecule has 0 fully saturated rings. The van der Waals surface area contributed by atoms with Crippen molar-refractivity contribution >= 4 is 22.4 Å². The molecule has 2 aromatic carbocycles. The summed E-state index contributed by atoms with van der Waals surface area (Å²) in [6.07, 6.45) is 4.10. The van der Waals surface area contributed by atoms with Crippen LogP contribution in [-0.2, 0) is 0 Å². The Balaban J connectivity index is 1.47. The summed E-state index contributed by atoms with van der Waals surface area (Å²) >= 11 is 0. The van der Waals surface area contributed by atoms with Crippen molar-refractivity contribution in [1.82, 2.24) is 19.9 Å². The Hall–Kier alpha value is -4.16. The van der Waals surface area contributed by atoms with E-state index in [0.29, 0.717) is 22.9 Å². The van der Waals surface area contributed by atoms with E-state index in [2.05, 4.69) is 19.9 Å². The highest BCUT2D eigenvalue weighted by molar-refractivity contribution is 6.13. The third-order valence-electron chi connectivity index (χ3n) is 4.95. The maximum atomic E-state index is 10.7. The lowest BCUT2D eigenvalue weighted by atomic mass is 10.0. The third kappa shape index (κ3) is 3.97. The van der Waals surface area contributed by atoms with Crippen LogP contribution < -0.4 is 0 Å². The van der Waals surface area contributed by atoms with Gasteiger partial charge in [0.2, 0.25) is 0 Å². The first-order chi connectivity index (χ1) is 15.3. The minimum Gasteiger partial charge on any atom is -0.379 e. The Labute approximate surface area is 179 Å². The summed E-state index contributed by atoms with van der Waals surface area (Å²) in [4.78, 5) is 20.9. The maximum Gasteiger partial charge on any atom is 0.165 e. The van der Waals surface area contributed by atoms with Gasteiger partial charge in [-0.1, -0.05) is 60.7 Å². The monoisotopic (exact) mass is 405 g/mol. The molecular formula is C25H19N5O. The predicted molar refractivity (Wildman–Crippen MR) is 120 cm³/mol. The number of nitrogens with one attached hydrogen (secondary N) is 1. The zero-order valence-corrected chi connectivity index (χ0v) is 16.6. The second-order valence-corrected chi connectivity index (χ2v) is 7.05. The molecule has 1 atom stereocenters. The molecule has 0 saturated heterocycles. The molecule has 0 aliphatic carbocycles. The molecule has 0 bridgehead atoms. The fourth-order valence-electron chi connectivity index (χ4n) is 3.36. The number of fused-ring (bicyclic) bond motifs is 1. The van der Waals surface area contributed by atoms with Crippen molar-refractivity contribution in [1.29, 1.82) is 0 Å². The number of nitrogens with zero attached hydrogens (tertiary/aromatic N) is 4. The molecule has 0 aliphatic rings. The predicted octanol–water partition coefficient (Wildman–Crippen LogP) is 4.60. The summed E-state index contributed by atoms with van der Waals surface area (Å²) in [5.74, 6) is 0.299. The second kappa shape index (κ2) is 8.30. The Morgan fingerprint density at radius 2 is 1.52 bits per heavy atom. The summed E-state index contributed by atoms with van der Waals surface area (Å²) in [6, 6.07) is 25.5. The van der Waals surface area contributed by atoms with Crippen molar-refractivity contribution in [2.24, 2.45) is 4.99 Å². The molecule has 0 spiro atoms. The van der Waals surface area contributed by atoms with E-state index >= 15 is 0 Å². The lowest BCUT2D eigenvalue weighted by Crippen LogP contribution is -2.07. The van der Waals surface area contributed by atoms with Gasteiger partial charge in [0.25, 0.3) is 0 Å². The number of hydrogen-bond acceptors (Lipinski definition) is 5. The number of benzene rings is 2. The molecule has 0 radical (unpaired) electrons. The second-order valence-electron chi connectivity index (χ2n) is 7.05. The smallest absolute Gasteiger partial charge is 0.165 e. The van der Waals surface area contributed by atoms with E-state index in [1.165, 1.54) is 0 Å². The van der Waals surface area contributed by atoms with Crippen molar-refractivity contribution in [3.63, 3.8) is 0 Å². The van der Waals surface area contributed by atoms with Gasteiger partial charge in [-0.2, -0.15) is 0 Å². The van der Waals surface area contributed by atoms with Gasteiger partial charge in [0, 0.05) is 28.9 Å². The van der Waals surface area contributed by atoms with Crippen LogP contribution in [0.3, 0.4) is 0 Å². The fraction of sp³-hybridized carbons (Fsp3) is 0.0400. The van der Waals surface area contributed by atoms with Gasteiger partial charge in [-0.05, 0) is 18.2 Å². The number of aliphatic imine (C=N–C) groups is 1. The average Bonchev–Trinajstić information content (AvgIpc) is 3.32. The Kier molecular flexibility index (Phi) is 5.04. The van der Waals surface area contributed by atoms with Gasteiger partial charge in [0.1, 0.15) is 5.65 Å². The van der Waals surface area contributed by atoms with Crippen LogP contribution in [0.1, 0.15) is 28.7 Å². The summed E-state index contributed by atoms with van der Waals surface area (Å²) in [5, 5.41) is 11.6. The summed E-state index contributed by atoms with van der Waals surface area (Å²) in [5.41, 5.74) is 4.73. The number of aromatic amines is 1. The van der Waals surface area contributed by atoms with E-state index < -0.39 is 6.10 Å². The molecule has 3 aromatic heterocycles. The number of rotatable bonds is 5. The van der Waals surface area contributed by atoms with E-state index in [1.54, 1.807) is 24.7 Å². The largest absolute Gasteiger partial charge is 0.379 e. The zero-order chi connectivity index (χ0) is 21.0. The van der Waals surface area contributed by atoms with Gasteiger partial charge in [-0.25, -0.2) is 15.0 Å². The number of pyridine rings is 1. The van der Waals surface area contributed by atoms with E-state index in [1.807, 2.05) is 72.8 Å².